The fraction of sp³-hybridized carbons (Fsp3) is 0.167. The Kier molecular flexibility index (Phi) is 3.57. The summed E-state index contributed by atoms with van der Waals surface area (Å²) in [6.45, 7) is 2.03. The summed E-state index contributed by atoms with van der Waals surface area (Å²) < 4.78 is 0. The molecule has 0 radical (unpaired) electrons. The molecule has 2 rings (SSSR count). The lowest BCUT2D eigenvalue weighted by molar-refractivity contribution is 1.07. The molecule has 0 aliphatic heterocycles. The second kappa shape index (κ2) is 5.14. The number of thioether (sulfide) groups is 1. The average molecular weight is 262 g/mol. The van der Waals surface area contributed by atoms with Crippen LogP contribution in [-0.2, 0) is 5.75 Å². The monoisotopic (exact) mass is 262 g/mol. The molecule has 0 saturated carbocycles. The SMILES string of the molecule is Cc1ccc(CSc2c(N)nc(N)[nH]c2=O)cc1. The van der Waals surface area contributed by atoms with Crippen LogP contribution < -0.4 is 17.0 Å². The molecule has 0 aliphatic carbocycles. The summed E-state index contributed by atoms with van der Waals surface area (Å²) >= 11 is 1.35. The highest BCUT2D eigenvalue weighted by Gasteiger charge is 2.08. The molecule has 0 bridgehead atoms. The van der Waals surface area contributed by atoms with Crippen molar-refractivity contribution in [3.05, 3.63) is 45.7 Å². The third-order valence-electron chi connectivity index (χ3n) is 2.43. The minimum Gasteiger partial charge on any atom is -0.382 e. The Balaban J connectivity index is 2.16. The second-order valence-corrected chi connectivity index (χ2v) is 4.93. The fourth-order valence-electron chi connectivity index (χ4n) is 1.48. The van der Waals surface area contributed by atoms with Gasteiger partial charge in [-0.15, -0.1) is 11.8 Å². The number of aryl methyl sites for hydroxylation is 1. The number of hydrogen-bond acceptors (Lipinski definition) is 5. The molecule has 0 saturated heterocycles. The minimum atomic E-state index is -0.294. The largest absolute Gasteiger partial charge is 0.382 e. The van der Waals surface area contributed by atoms with Crippen molar-refractivity contribution in [1.29, 1.82) is 0 Å². The molecule has 0 aliphatic rings. The highest BCUT2D eigenvalue weighted by atomic mass is 32.2. The summed E-state index contributed by atoms with van der Waals surface area (Å²) in [4.78, 5) is 18.3. The van der Waals surface area contributed by atoms with Crippen LogP contribution in [0.4, 0.5) is 11.8 Å². The van der Waals surface area contributed by atoms with Crippen molar-refractivity contribution in [3.63, 3.8) is 0 Å². The van der Waals surface area contributed by atoms with Crippen molar-refractivity contribution >= 4 is 23.5 Å². The van der Waals surface area contributed by atoms with E-state index in [0.29, 0.717) is 10.6 Å². The highest BCUT2D eigenvalue weighted by molar-refractivity contribution is 7.98. The Labute approximate surface area is 109 Å². The van der Waals surface area contributed by atoms with E-state index in [1.807, 2.05) is 31.2 Å². The van der Waals surface area contributed by atoms with Gasteiger partial charge < -0.3 is 11.5 Å². The molecular weight excluding hydrogens is 248 g/mol. The number of benzene rings is 1. The smallest absolute Gasteiger partial charge is 0.268 e. The van der Waals surface area contributed by atoms with Crippen LogP contribution in [0.25, 0.3) is 0 Å². The molecule has 1 aromatic heterocycles. The van der Waals surface area contributed by atoms with Crippen LogP contribution in [-0.4, -0.2) is 9.97 Å². The minimum absolute atomic E-state index is 0.0391. The normalized spacial score (nSPS) is 10.5. The van der Waals surface area contributed by atoms with Crippen LogP contribution in [0, 0.1) is 6.92 Å². The van der Waals surface area contributed by atoms with E-state index in [4.69, 9.17) is 11.5 Å². The highest BCUT2D eigenvalue weighted by Crippen LogP contribution is 2.23. The molecule has 5 nitrogen and oxygen atoms in total. The maximum atomic E-state index is 11.7. The van der Waals surface area contributed by atoms with E-state index >= 15 is 0 Å². The molecule has 1 aromatic carbocycles. The number of rotatable bonds is 3. The molecule has 2 aromatic rings. The molecule has 0 atom stereocenters. The van der Waals surface area contributed by atoms with Crippen molar-refractivity contribution < 1.29 is 0 Å². The summed E-state index contributed by atoms with van der Waals surface area (Å²) in [7, 11) is 0. The maximum Gasteiger partial charge on any atom is 0.268 e. The molecule has 0 fully saturated rings. The molecule has 94 valence electrons. The zero-order valence-electron chi connectivity index (χ0n) is 9.93. The molecule has 5 N–H and O–H groups in total. The zero-order valence-corrected chi connectivity index (χ0v) is 10.8. The van der Waals surface area contributed by atoms with Crippen LogP contribution in [0.5, 0.6) is 0 Å². The number of nitrogen functional groups attached to an aromatic ring is 2. The van der Waals surface area contributed by atoms with Gasteiger partial charge in [0.25, 0.3) is 5.56 Å². The van der Waals surface area contributed by atoms with Crippen molar-refractivity contribution in [2.75, 3.05) is 11.5 Å². The Bertz CT molecular complexity index is 606. The van der Waals surface area contributed by atoms with E-state index < -0.39 is 0 Å². The van der Waals surface area contributed by atoms with E-state index in [2.05, 4.69) is 9.97 Å². The van der Waals surface area contributed by atoms with Gasteiger partial charge in [-0.1, -0.05) is 29.8 Å². The van der Waals surface area contributed by atoms with Crippen molar-refractivity contribution in [2.24, 2.45) is 0 Å². The summed E-state index contributed by atoms with van der Waals surface area (Å²) in [6, 6.07) is 8.12. The van der Waals surface area contributed by atoms with Crippen LogP contribution in [0.3, 0.4) is 0 Å². The van der Waals surface area contributed by atoms with E-state index in [1.54, 1.807) is 0 Å². The van der Waals surface area contributed by atoms with Crippen molar-refractivity contribution in [1.82, 2.24) is 9.97 Å². The first-order valence-electron chi connectivity index (χ1n) is 5.40. The third-order valence-corrected chi connectivity index (χ3v) is 3.59. The van der Waals surface area contributed by atoms with Gasteiger partial charge >= 0.3 is 0 Å². The quantitative estimate of drug-likeness (QED) is 0.729. The molecule has 0 amide bonds. The maximum absolute atomic E-state index is 11.7. The van der Waals surface area contributed by atoms with E-state index in [0.717, 1.165) is 5.56 Å². The van der Waals surface area contributed by atoms with Crippen molar-refractivity contribution in [2.45, 2.75) is 17.6 Å². The first-order valence-corrected chi connectivity index (χ1v) is 6.38. The van der Waals surface area contributed by atoms with Gasteiger partial charge in [0, 0.05) is 5.75 Å². The average Bonchev–Trinajstić information content (AvgIpc) is 2.30. The van der Waals surface area contributed by atoms with Crippen molar-refractivity contribution in [3.8, 4) is 0 Å². The number of aromatic nitrogens is 2. The number of nitrogens with two attached hydrogens (primary N) is 2. The van der Waals surface area contributed by atoms with Gasteiger partial charge in [0.1, 0.15) is 10.7 Å². The molecule has 0 unspecified atom stereocenters. The zero-order chi connectivity index (χ0) is 13.1. The van der Waals surface area contributed by atoms with Crippen LogP contribution >= 0.6 is 11.8 Å². The molecule has 6 heteroatoms. The van der Waals surface area contributed by atoms with Gasteiger partial charge in [0.15, 0.2) is 0 Å². The van der Waals surface area contributed by atoms with Crippen LogP contribution in [0.15, 0.2) is 34.0 Å². The summed E-state index contributed by atoms with van der Waals surface area (Å²) in [6.07, 6.45) is 0. The summed E-state index contributed by atoms with van der Waals surface area (Å²) in [5, 5.41) is 0. The van der Waals surface area contributed by atoms with E-state index in [-0.39, 0.29) is 17.3 Å². The molecule has 1 heterocycles. The first-order chi connectivity index (χ1) is 8.56. The third kappa shape index (κ3) is 2.84. The van der Waals surface area contributed by atoms with Gasteiger partial charge in [-0.2, -0.15) is 4.98 Å². The predicted octanol–water partition coefficient (Wildman–Crippen LogP) is 1.54. The Morgan fingerprint density at radius 2 is 1.94 bits per heavy atom. The predicted molar refractivity (Wildman–Crippen MR) is 74.4 cm³/mol. The summed E-state index contributed by atoms with van der Waals surface area (Å²) in [5.41, 5.74) is 13.1. The summed E-state index contributed by atoms with van der Waals surface area (Å²) in [5.74, 6) is 0.879. The van der Waals surface area contributed by atoms with Gasteiger partial charge in [-0.05, 0) is 12.5 Å². The van der Waals surface area contributed by atoms with Gasteiger partial charge in [0.2, 0.25) is 5.95 Å². The lowest BCUT2D eigenvalue weighted by atomic mass is 10.2. The molecular formula is C12H14N4OS. The number of hydrogen-bond donors (Lipinski definition) is 3. The Morgan fingerprint density at radius 1 is 1.28 bits per heavy atom. The Hall–Kier alpha value is -1.95. The number of aromatic amines is 1. The van der Waals surface area contributed by atoms with Gasteiger partial charge in [0.05, 0.1) is 0 Å². The lowest BCUT2D eigenvalue weighted by Gasteiger charge is -2.05. The van der Waals surface area contributed by atoms with Gasteiger partial charge in [-0.25, -0.2) is 0 Å². The second-order valence-electron chi connectivity index (χ2n) is 3.94. The standard InChI is InChI=1S/C12H14N4OS/c1-7-2-4-8(5-3-7)6-18-9-10(13)15-12(14)16-11(9)17/h2-5H,6H2,1H3,(H5,13,14,15,16,17). The number of anilines is 2. The first kappa shape index (κ1) is 12.5. The number of H-pyrrole nitrogens is 1. The van der Waals surface area contributed by atoms with Crippen LogP contribution in [0.1, 0.15) is 11.1 Å². The van der Waals surface area contributed by atoms with E-state index in [1.165, 1.54) is 17.3 Å². The van der Waals surface area contributed by atoms with E-state index in [9.17, 15) is 4.79 Å². The number of nitrogens with zero attached hydrogens (tertiary/aromatic N) is 1. The van der Waals surface area contributed by atoms with Crippen LogP contribution in [0.2, 0.25) is 0 Å². The Morgan fingerprint density at radius 3 is 2.56 bits per heavy atom. The molecule has 0 spiro atoms. The van der Waals surface area contributed by atoms with Gasteiger partial charge in [-0.3, -0.25) is 9.78 Å². The topological polar surface area (TPSA) is 97.8 Å². The lowest BCUT2D eigenvalue weighted by Crippen LogP contribution is -2.15. The fourth-order valence-corrected chi connectivity index (χ4v) is 2.36. The number of nitrogens with one attached hydrogen (secondary N) is 1. The molecule has 18 heavy (non-hydrogen) atoms.